The number of amides is 1. The molecule has 0 fully saturated rings. The Labute approximate surface area is 159 Å². The molecule has 146 valence electrons. The highest BCUT2D eigenvalue weighted by atomic mass is 16.2. The summed E-state index contributed by atoms with van der Waals surface area (Å²) in [6.45, 7) is 9.37. The molecule has 1 unspecified atom stereocenters. The molecule has 3 rings (SSSR count). The zero-order chi connectivity index (χ0) is 19.6. The molecule has 1 aliphatic heterocycles. The Kier molecular flexibility index (Phi) is 5.77. The second-order valence-corrected chi connectivity index (χ2v) is 7.89. The standard InChI is InChI=1S/C20H29N5O2/c1-13(2)7-10-25-20(27)24-9-8-16(5-6-18(24)23-25)22-19(26)17-12-21-15(4)11-14(17)3/h11-13,16H,5-10H2,1-4H3,(H,22,26). The van der Waals surface area contributed by atoms with Gasteiger partial charge in [0.25, 0.3) is 5.91 Å². The van der Waals surface area contributed by atoms with Gasteiger partial charge in [-0.2, -0.15) is 5.10 Å². The van der Waals surface area contributed by atoms with E-state index in [-0.39, 0.29) is 17.6 Å². The van der Waals surface area contributed by atoms with Crippen LogP contribution in [0.25, 0.3) is 0 Å². The van der Waals surface area contributed by atoms with Crippen molar-refractivity contribution in [2.24, 2.45) is 5.92 Å². The highest BCUT2D eigenvalue weighted by Gasteiger charge is 2.23. The molecule has 7 nitrogen and oxygen atoms in total. The van der Waals surface area contributed by atoms with Crippen LogP contribution >= 0.6 is 0 Å². The fourth-order valence-corrected chi connectivity index (χ4v) is 3.50. The molecular weight excluding hydrogens is 342 g/mol. The average molecular weight is 371 g/mol. The van der Waals surface area contributed by atoms with Gasteiger partial charge in [0.2, 0.25) is 0 Å². The molecule has 0 saturated heterocycles. The van der Waals surface area contributed by atoms with Crippen molar-refractivity contribution in [3.8, 4) is 0 Å². The Hall–Kier alpha value is -2.44. The summed E-state index contributed by atoms with van der Waals surface area (Å²) in [4.78, 5) is 29.4. The number of hydrogen-bond acceptors (Lipinski definition) is 4. The van der Waals surface area contributed by atoms with E-state index in [1.807, 2.05) is 19.9 Å². The number of fused-ring (bicyclic) bond motifs is 1. The fourth-order valence-electron chi connectivity index (χ4n) is 3.50. The van der Waals surface area contributed by atoms with Gasteiger partial charge >= 0.3 is 5.69 Å². The summed E-state index contributed by atoms with van der Waals surface area (Å²) in [5, 5.41) is 7.63. The number of nitrogens with zero attached hydrogens (tertiary/aromatic N) is 4. The molecule has 0 bridgehead atoms. The van der Waals surface area contributed by atoms with Gasteiger partial charge in [0, 0.05) is 37.4 Å². The number of nitrogens with one attached hydrogen (secondary N) is 1. The molecule has 27 heavy (non-hydrogen) atoms. The molecule has 1 N–H and O–H groups in total. The monoisotopic (exact) mass is 371 g/mol. The largest absolute Gasteiger partial charge is 0.349 e. The van der Waals surface area contributed by atoms with E-state index in [1.54, 1.807) is 15.4 Å². The minimum Gasteiger partial charge on any atom is -0.349 e. The summed E-state index contributed by atoms with van der Waals surface area (Å²) in [5.74, 6) is 1.27. The van der Waals surface area contributed by atoms with Crippen LogP contribution in [-0.4, -0.2) is 31.3 Å². The third-order valence-corrected chi connectivity index (χ3v) is 5.16. The molecule has 0 spiro atoms. The maximum atomic E-state index is 12.6. The van der Waals surface area contributed by atoms with Crippen LogP contribution in [0.4, 0.5) is 0 Å². The fraction of sp³-hybridized carbons (Fsp3) is 0.600. The number of aryl methyl sites for hydroxylation is 4. The van der Waals surface area contributed by atoms with Crippen molar-refractivity contribution in [2.45, 2.75) is 72.5 Å². The number of rotatable bonds is 5. The Morgan fingerprint density at radius 2 is 2.11 bits per heavy atom. The normalized spacial score (nSPS) is 16.9. The van der Waals surface area contributed by atoms with E-state index in [0.717, 1.165) is 36.3 Å². The first-order chi connectivity index (χ1) is 12.8. The van der Waals surface area contributed by atoms with Crippen molar-refractivity contribution in [1.29, 1.82) is 0 Å². The van der Waals surface area contributed by atoms with Crippen LogP contribution in [0.15, 0.2) is 17.1 Å². The third kappa shape index (κ3) is 4.46. The maximum Gasteiger partial charge on any atom is 0.345 e. The molecule has 7 heteroatoms. The molecule has 1 aliphatic rings. The number of carbonyl (C=O) groups is 1. The summed E-state index contributed by atoms with van der Waals surface area (Å²) in [6.07, 6.45) is 4.78. The van der Waals surface area contributed by atoms with Crippen LogP contribution in [0, 0.1) is 19.8 Å². The van der Waals surface area contributed by atoms with Gasteiger partial charge in [-0.15, -0.1) is 0 Å². The second kappa shape index (κ2) is 8.06. The molecule has 2 aromatic heterocycles. The lowest BCUT2D eigenvalue weighted by Gasteiger charge is -2.17. The van der Waals surface area contributed by atoms with Gasteiger partial charge in [-0.3, -0.25) is 14.3 Å². The van der Waals surface area contributed by atoms with E-state index in [4.69, 9.17) is 0 Å². The molecule has 0 saturated carbocycles. The van der Waals surface area contributed by atoms with Crippen LogP contribution in [0.3, 0.4) is 0 Å². The summed E-state index contributed by atoms with van der Waals surface area (Å²) in [6, 6.07) is 1.94. The number of aromatic nitrogens is 4. The highest BCUT2D eigenvalue weighted by Crippen LogP contribution is 2.14. The van der Waals surface area contributed by atoms with Crippen LogP contribution in [0.2, 0.25) is 0 Å². The van der Waals surface area contributed by atoms with Gasteiger partial charge in [0.05, 0.1) is 5.56 Å². The lowest BCUT2D eigenvalue weighted by atomic mass is 10.1. The van der Waals surface area contributed by atoms with Gasteiger partial charge in [-0.05, 0) is 50.7 Å². The van der Waals surface area contributed by atoms with Gasteiger partial charge in [-0.1, -0.05) is 13.8 Å². The van der Waals surface area contributed by atoms with Gasteiger partial charge < -0.3 is 5.32 Å². The summed E-state index contributed by atoms with van der Waals surface area (Å²) >= 11 is 0. The van der Waals surface area contributed by atoms with Crippen molar-refractivity contribution in [3.05, 3.63) is 45.4 Å². The van der Waals surface area contributed by atoms with Crippen molar-refractivity contribution >= 4 is 5.91 Å². The van der Waals surface area contributed by atoms with E-state index in [1.165, 1.54) is 0 Å². The molecular formula is C20H29N5O2. The van der Waals surface area contributed by atoms with E-state index < -0.39 is 0 Å². The SMILES string of the molecule is Cc1cc(C)c(C(=O)NC2CCc3nn(CCC(C)C)c(=O)n3CC2)cn1. The zero-order valence-electron chi connectivity index (χ0n) is 16.7. The average Bonchev–Trinajstić information content (AvgIpc) is 2.76. The molecule has 1 atom stereocenters. The maximum absolute atomic E-state index is 12.6. The van der Waals surface area contributed by atoms with E-state index in [9.17, 15) is 9.59 Å². The van der Waals surface area contributed by atoms with E-state index >= 15 is 0 Å². The summed E-state index contributed by atoms with van der Waals surface area (Å²) < 4.78 is 3.36. The molecule has 0 radical (unpaired) electrons. The lowest BCUT2D eigenvalue weighted by molar-refractivity contribution is 0.0932. The second-order valence-electron chi connectivity index (χ2n) is 7.89. The quantitative estimate of drug-likeness (QED) is 0.874. The first-order valence-corrected chi connectivity index (χ1v) is 9.75. The molecule has 3 heterocycles. The summed E-state index contributed by atoms with van der Waals surface area (Å²) in [7, 11) is 0. The predicted octanol–water partition coefficient (Wildman–Crippen LogP) is 2.24. The molecule has 0 aliphatic carbocycles. The number of carbonyl (C=O) groups excluding carboxylic acids is 1. The number of hydrogen-bond donors (Lipinski definition) is 1. The third-order valence-electron chi connectivity index (χ3n) is 5.16. The Balaban J connectivity index is 1.65. The van der Waals surface area contributed by atoms with Crippen LogP contribution in [0.5, 0.6) is 0 Å². The minimum atomic E-state index is -0.0983. The van der Waals surface area contributed by atoms with Crippen LogP contribution in [-0.2, 0) is 19.5 Å². The van der Waals surface area contributed by atoms with Crippen molar-refractivity contribution in [2.75, 3.05) is 0 Å². The topological polar surface area (TPSA) is 81.8 Å². The first kappa shape index (κ1) is 19.3. The molecule has 0 aromatic carbocycles. The minimum absolute atomic E-state index is 0.0309. The summed E-state index contributed by atoms with van der Waals surface area (Å²) in [5.41, 5.74) is 2.40. The lowest BCUT2D eigenvalue weighted by Crippen LogP contribution is -2.36. The van der Waals surface area contributed by atoms with Gasteiger partial charge in [0.1, 0.15) is 5.82 Å². The van der Waals surface area contributed by atoms with Crippen molar-refractivity contribution in [1.82, 2.24) is 24.6 Å². The van der Waals surface area contributed by atoms with Crippen LogP contribution in [0.1, 0.15) is 60.5 Å². The van der Waals surface area contributed by atoms with Gasteiger partial charge in [-0.25, -0.2) is 9.48 Å². The molecule has 1 amide bonds. The first-order valence-electron chi connectivity index (χ1n) is 9.75. The predicted molar refractivity (Wildman–Crippen MR) is 104 cm³/mol. The smallest absolute Gasteiger partial charge is 0.345 e. The Morgan fingerprint density at radius 3 is 2.81 bits per heavy atom. The zero-order valence-corrected chi connectivity index (χ0v) is 16.7. The van der Waals surface area contributed by atoms with E-state index in [0.29, 0.717) is 31.0 Å². The Morgan fingerprint density at radius 1 is 1.33 bits per heavy atom. The Bertz CT molecular complexity index is 881. The van der Waals surface area contributed by atoms with Crippen molar-refractivity contribution in [3.63, 3.8) is 0 Å². The van der Waals surface area contributed by atoms with E-state index in [2.05, 4.69) is 29.2 Å². The molecule has 2 aromatic rings. The number of pyridine rings is 1. The van der Waals surface area contributed by atoms with Gasteiger partial charge in [0.15, 0.2) is 0 Å². The van der Waals surface area contributed by atoms with Crippen LogP contribution < -0.4 is 11.0 Å². The van der Waals surface area contributed by atoms with Crippen molar-refractivity contribution < 1.29 is 4.79 Å². The highest BCUT2D eigenvalue weighted by molar-refractivity contribution is 5.95.